The van der Waals surface area contributed by atoms with E-state index in [1.165, 1.54) is 38.5 Å². The summed E-state index contributed by atoms with van der Waals surface area (Å²) in [6, 6.07) is 2.43. The molecule has 1 heteroatoms. The molecule has 0 radical (unpaired) electrons. The van der Waals surface area contributed by atoms with Crippen molar-refractivity contribution in [1.29, 1.82) is 5.26 Å². The molecular formula is C13H25N. The van der Waals surface area contributed by atoms with E-state index in [1.54, 1.807) is 0 Å². The Bertz CT molecular complexity index is 169. The molecular weight excluding hydrogens is 170 g/mol. The molecule has 0 aromatic carbocycles. The molecule has 0 amide bonds. The first-order chi connectivity index (χ1) is 6.68. The number of hydrogen-bond acceptors (Lipinski definition) is 1. The zero-order valence-electron chi connectivity index (χ0n) is 10.1. The number of nitriles is 1. The monoisotopic (exact) mass is 195 g/mol. The second-order valence-electron chi connectivity index (χ2n) is 4.54. The first kappa shape index (κ1) is 13.5. The lowest BCUT2D eigenvalue weighted by Gasteiger charge is -2.18. The van der Waals surface area contributed by atoms with Crippen LogP contribution in [0.25, 0.3) is 0 Å². The van der Waals surface area contributed by atoms with Crippen molar-refractivity contribution in [3.63, 3.8) is 0 Å². The van der Waals surface area contributed by atoms with Gasteiger partial charge in [-0.2, -0.15) is 5.26 Å². The van der Waals surface area contributed by atoms with Crippen LogP contribution in [0.15, 0.2) is 0 Å². The number of unbranched alkanes of at least 4 members (excludes halogenated alkanes) is 5. The van der Waals surface area contributed by atoms with Crippen molar-refractivity contribution >= 4 is 0 Å². The second kappa shape index (κ2) is 7.85. The van der Waals surface area contributed by atoms with Crippen LogP contribution in [0.5, 0.6) is 0 Å². The van der Waals surface area contributed by atoms with Crippen LogP contribution in [0.3, 0.4) is 0 Å². The van der Waals surface area contributed by atoms with E-state index < -0.39 is 0 Å². The third kappa shape index (κ3) is 6.02. The van der Waals surface area contributed by atoms with E-state index in [1.807, 2.05) is 0 Å². The Morgan fingerprint density at radius 1 is 1.00 bits per heavy atom. The van der Waals surface area contributed by atoms with Gasteiger partial charge < -0.3 is 0 Å². The minimum absolute atomic E-state index is 0.0647. The van der Waals surface area contributed by atoms with Crippen LogP contribution >= 0.6 is 0 Å². The van der Waals surface area contributed by atoms with Gasteiger partial charge in [0.1, 0.15) is 0 Å². The molecule has 0 heterocycles. The Morgan fingerprint density at radius 2 is 1.57 bits per heavy atom. The van der Waals surface area contributed by atoms with Gasteiger partial charge in [0.05, 0.1) is 11.5 Å². The van der Waals surface area contributed by atoms with Gasteiger partial charge in [-0.15, -0.1) is 0 Å². The van der Waals surface area contributed by atoms with Crippen molar-refractivity contribution in [1.82, 2.24) is 0 Å². The lowest BCUT2D eigenvalue weighted by atomic mass is 9.84. The van der Waals surface area contributed by atoms with E-state index in [4.69, 9.17) is 5.26 Å². The number of hydrogen-bond donors (Lipinski definition) is 0. The van der Waals surface area contributed by atoms with Gasteiger partial charge in [0.25, 0.3) is 0 Å². The maximum absolute atomic E-state index is 8.98. The Labute approximate surface area is 89.5 Å². The molecule has 0 fully saturated rings. The fourth-order valence-corrected chi connectivity index (χ4v) is 1.61. The standard InChI is InChI=1S/C13H25N/c1-4-6-7-8-9-10-11-13(3,5-2)12-14/h4-11H2,1-3H3. The largest absolute Gasteiger partial charge is 0.198 e. The zero-order valence-corrected chi connectivity index (χ0v) is 10.1. The van der Waals surface area contributed by atoms with Crippen LogP contribution in [0.1, 0.15) is 72.1 Å². The fourth-order valence-electron chi connectivity index (χ4n) is 1.61. The van der Waals surface area contributed by atoms with E-state index in [0.29, 0.717) is 0 Å². The first-order valence-electron chi connectivity index (χ1n) is 6.09. The van der Waals surface area contributed by atoms with Gasteiger partial charge >= 0.3 is 0 Å². The SMILES string of the molecule is CCCCCCCCC(C)(C#N)CC. The molecule has 0 saturated carbocycles. The van der Waals surface area contributed by atoms with Gasteiger partial charge in [0.2, 0.25) is 0 Å². The normalized spacial score (nSPS) is 14.7. The summed E-state index contributed by atoms with van der Waals surface area (Å²) in [7, 11) is 0. The number of nitrogens with zero attached hydrogens (tertiary/aromatic N) is 1. The molecule has 0 aliphatic rings. The van der Waals surface area contributed by atoms with E-state index in [0.717, 1.165) is 12.8 Å². The summed E-state index contributed by atoms with van der Waals surface area (Å²) in [6.07, 6.45) is 9.97. The summed E-state index contributed by atoms with van der Waals surface area (Å²) >= 11 is 0. The molecule has 1 atom stereocenters. The average molecular weight is 195 g/mol. The highest BCUT2D eigenvalue weighted by atomic mass is 14.3. The molecule has 82 valence electrons. The Hall–Kier alpha value is -0.510. The van der Waals surface area contributed by atoms with Crippen LogP contribution in [-0.4, -0.2) is 0 Å². The summed E-state index contributed by atoms with van der Waals surface area (Å²) < 4.78 is 0. The van der Waals surface area contributed by atoms with Crippen molar-refractivity contribution in [2.24, 2.45) is 5.41 Å². The topological polar surface area (TPSA) is 23.8 Å². The molecule has 0 aliphatic carbocycles. The van der Waals surface area contributed by atoms with Crippen LogP contribution in [0.2, 0.25) is 0 Å². The minimum atomic E-state index is -0.0647. The molecule has 0 aromatic heterocycles. The molecule has 0 saturated heterocycles. The van der Waals surface area contributed by atoms with Crippen molar-refractivity contribution in [2.75, 3.05) is 0 Å². The van der Waals surface area contributed by atoms with Gasteiger partial charge in [-0.25, -0.2) is 0 Å². The predicted octanol–water partition coefficient (Wildman–Crippen LogP) is 4.68. The summed E-state index contributed by atoms with van der Waals surface area (Å²) in [5, 5.41) is 8.98. The van der Waals surface area contributed by atoms with Crippen LogP contribution in [0, 0.1) is 16.7 Å². The number of rotatable bonds is 8. The summed E-state index contributed by atoms with van der Waals surface area (Å²) in [6.45, 7) is 6.43. The smallest absolute Gasteiger partial charge is 0.0686 e. The van der Waals surface area contributed by atoms with Crippen LogP contribution in [0.4, 0.5) is 0 Å². The maximum atomic E-state index is 8.98. The first-order valence-corrected chi connectivity index (χ1v) is 6.09. The van der Waals surface area contributed by atoms with E-state index in [-0.39, 0.29) is 5.41 Å². The molecule has 0 aliphatic heterocycles. The second-order valence-corrected chi connectivity index (χ2v) is 4.54. The molecule has 0 spiro atoms. The molecule has 0 aromatic rings. The third-order valence-corrected chi connectivity index (χ3v) is 3.13. The molecule has 0 bridgehead atoms. The van der Waals surface area contributed by atoms with Gasteiger partial charge in [-0.3, -0.25) is 0 Å². The maximum Gasteiger partial charge on any atom is 0.0686 e. The Morgan fingerprint density at radius 3 is 2.07 bits per heavy atom. The lowest BCUT2D eigenvalue weighted by Crippen LogP contribution is -2.11. The molecule has 1 unspecified atom stereocenters. The van der Waals surface area contributed by atoms with Gasteiger partial charge in [-0.05, 0) is 19.8 Å². The minimum Gasteiger partial charge on any atom is -0.198 e. The highest BCUT2D eigenvalue weighted by Gasteiger charge is 2.19. The van der Waals surface area contributed by atoms with Gasteiger partial charge in [-0.1, -0.05) is 52.4 Å². The Balaban J connectivity index is 3.40. The lowest BCUT2D eigenvalue weighted by molar-refractivity contribution is 0.369. The van der Waals surface area contributed by atoms with E-state index in [2.05, 4.69) is 26.8 Å². The highest BCUT2D eigenvalue weighted by Crippen LogP contribution is 2.27. The predicted molar refractivity (Wildman–Crippen MR) is 62.0 cm³/mol. The van der Waals surface area contributed by atoms with Crippen molar-refractivity contribution in [3.8, 4) is 6.07 Å². The van der Waals surface area contributed by atoms with Crippen molar-refractivity contribution < 1.29 is 0 Å². The van der Waals surface area contributed by atoms with Crippen LogP contribution < -0.4 is 0 Å². The molecule has 0 N–H and O–H groups in total. The summed E-state index contributed by atoms with van der Waals surface area (Å²) in [5.41, 5.74) is -0.0647. The summed E-state index contributed by atoms with van der Waals surface area (Å²) in [5.74, 6) is 0. The van der Waals surface area contributed by atoms with E-state index >= 15 is 0 Å². The Kier molecular flexibility index (Phi) is 7.57. The quantitative estimate of drug-likeness (QED) is 0.516. The van der Waals surface area contributed by atoms with Gasteiger partial charge in [0.15, 0.2) is 0 Å². The molecule has 14 heavy (non-hydrogen) atoms. The molecule has 1 nitrogen and oxygen atoms in total. The molecule has 0 rings (SSSR count). The highest BCUT2D eigenvalue weighted by molar-refractivity contribution is 4.93. The average Bonchev–Trinajstić information content (AvgIpc) is 2.23. The van der Waals surface area contributed by atoms with E-state index in [9.17, 15) is 0 Å². The fraction of sp³-hybridized carbons (Fsp3) is 0.923. The zero-order chi connectivity index (χ0) is 10.9. The van der Waals surface area contributed by atoms with Crippen molar-refractivity contribution in [3.05, 3.63) is 0 Å². The third-order valence-electron chi connectivity index (χ3n) is 3.13. The van der Waals surface area contributed by atoms with Crippen molar-refractivity contribution in [2.45, 2.75) is 72.1 Å². The summed E-state index contributed by atoms with van der Waals surface area (Å²) in [4.78, 5) is 0. The van der Waals surface area contributed by atoms with Crippen LogP contribution in [-0.2, 0) is 0 Å². The van der Waals surface area contributed by atoms with Gasteiger partial charge in [0, 0.05) is 0 Å².